The van der Waals surface area contributed by atoms with Crippen LogP contribution in [0.25, 0.3) is 0 Å². The van der Waals surface area contributed by atoms with Crippen molar-refractivity contribution in [3.63, 3.8) is 0 Å². The van der Waals surface area contributed by atoms with E-state index in [9.17, 15) is 19.5 Å². The Morgan fingerprint density at radius 2 is 1.62 bits per heavy atom. The first kappa shape index (κ1) is 22.4. The summed E-state index contributed by atoms with van der Waals surface area (Å²) in [6.45, 7) is 2.18. The highest BCUT2D eigenvalue weighted by Crippen LogP contribution is 2.34. The molecule has 0 aromatic rings. The van der Waals surface area contributed by atoms with Crippen molar-refractivity contribution in [2.24, 2.45) is 11.8 Å². The van der Waals surface area contributed by atoms with E-state index in [-0.39, 0.29) is 6.42 Å². The van der Waals surface area contributed by atoms with Crippen molar-refractivity contribution in [2.45, 2.75) is 83.3 Å². The first-order chi connectivity index (χ1) is 12.4. The van der Waals surface area contributed by atoms with E-state index in [0.29, 0.717) is 6.42 Å². The molecule has 0 radical (unpaired) electrons. The van der Waals surface area contributed by atoms with Gasteiger partial charge in [-0.15, -0.1) is 0 Å². The largest absolute Gasteiger partial charge is 0.478 e. The molecule has 8 nitrogen and oxygen atoms in total. The Morgan fingerprint density at radius 3 is 2.12 bits per heavy atom. The molecule has 0 bridgehead atoms. The van der Waals surface area contributed by atoms with Gasteiger partial charge in [0, 0.05) is 0 Å². The van der Waals surface area contributed by atoms with Crippen molar-refractivity contribution >= 4 is 17.9 Å². The minimum absolute atomic E-state index is 0.247. The lowest BCUT2D eigenvalue weighted by atomic mass is 9.84. The zero-order valence-corrected chi connectivity index (χ0v) is 15.3. The Bertz CT molecular complexity index is 464. The van der Waals surface area contributed by atoms with Gasteiger partial charge in [-0.2, -0.15) is 5.26 Å². The molecule has 0 spiro atoms. The van der Waals surface area contributed by atoms with E-state index in [0.717, 1.165) is 19.3 Å². The molecule has 1 aliphatic rings. The van der Waals surface area contributed by atoms with Gasteiger partial charge >= 0.3 is 17.9 Å². The van der Waals surface area contributed by atoms with Gasteiger partial charge in [0.15, 0.2) is 0 Å². The van der Waals surface area contributed by atoms with Crippen LogP contribution < -0.4 is 0 Å². The van der Waals surface area contributed by atoms with Gasteiger partial charge in [-0.3, -0.25) is 4.79 Å². The quantitative estimate of drug-likeness (QED) is 0.194. The molecule has 150 valence electrons. The summed E-state index contributed by atoms with van der Waals surface area (Å²) in [5.41, 5.74) is 0. The average molecular weight is 374 g/mol. The zero-order valence-electron chi connectivity index (χ0n) is 15.3. The summed E-state index contributed by atoms with van der Waals surface area (Å²) in [5.74, 6) is -6.68. The first-order valence-electron chi connectivity index (χ1n) is 9.40. The van der Waals surface area contributed by atoms with E-state index in [4.69, 9.17) is 10.4 Å². The fourth-order valence-electron chi connectivity index (χ4n) is 3.39. The smallest absolute Gasteiger partial charge is 0.350 e. The van der Waals surface area contributed by atoms with Crippen LogP contribution in [0.15, 0.2) is 0 Å². The number of hydrogen-bond donors (Lipinski definition) is 3. The molecule has 1 saturated heterocycles. The van der Waals surface area contributed by atoms with Crippen molar-refractivity contribution in [1.82, 2.24) is 0 Å². The first-order valence-corrected chi connectivity index (χ1v) is 9.40. The SMILES string of the molecule is CCCCCCCCCCC[C@H](O)[C@@H]1C(=O)O[C@H](C(=O)O)[C@@H]1C(=O)OO. The molecule has 1 heterocycles. The van der Waals surface area contributed by atoms with Gasteiger partial charge in [0.25, 0.3) is 0 Å². The lowest BCUT2D eigenvalue weighted by Gasteiger charge is -2.19. The van der Waals surface area contributed by atoms with Crippen LogP contribution in [0.2, 0.25) is 0 Å². The maximum Gasteiger partial charge on any atom is 0.350 e. The molecule has 3 N–H and O–H groups in total. The summed E-state index contributed by atoms with van der Waals surface area (Å²) in [5, 5.41) is 27.8. The molecule has 1 fully saturated rings. The van der Waals surface area contributed by atoms with Crippen molar-refractivity contribution < 1.29 is 39.5 Å². The zero-order chi connectivity index (χ0) is 19.5. The van der Waals surface area contributed by atoms with E-state index in [1.807, 2.05) is 0 Å². The summed E-state index contributed by atoms with van der Waals surface area (Å²) in [7, 11) is 0. The fourth-order valence-corrected chi connectivity index (χ4v) is 3.39. The van der Waals surface area contributed by atoms with Gasteiger partial charge in [0.2, 0.25) is 6.10 Å². The summed E-state index contributed by atoms with van der Waals surface area (Å²) in [6.07, 6.45) is 7.08. The minimum atomic E-state index is -1.76. The number of carboxylic acids is 1. The number of carbonyl (C=O) groups is 3. The van der Waals surface area contributed by atoms with E-state index < -0.39 is 42.0 Å². The highest BCUT2D eigenvalue weighted by molar-refractivity contribution is 5.93. The predicted octanol–water partition coefficient (Wildman–Crippen LogP) is 2.53. The molecule has 1 aliphatic heterocycles. The van der Waals surface area contributed by atoms with Gasteiger partial charge < -0.3 is 19.8 Å². The topological polar surface area (TPSA) is 130 Å². The number of aliphatic carboxylic acids is 1. The molecule has 8 heteroatoms. The normalized spacial score (nSPS) is 23.5. The molecule has 0 aromatic heterocycles. The van der Waals surface area contributed by atoms with Gasteiger partial charge in [-0.1, -0.05) is 64.7 Å². The van der Waals surface area contributed by atoms with Gasteiger partial charge in [0.05, 0.1) is 6.10 Å². The number of carboxylic acid groups (broad SMARTS) is 1. The number of esters is 1. The Kier molecular flexibility index (Phi) is 10.2. The summed E-state index contributed by atoms with van der Waals surface area (Å²) in [4.78, 5) is 38.2. The third kappa shape index (κ3) is 6.57. The van der Waals surface area contributed by atoms with Crippen LogP contribution >= 0.6 is 0 Å². The Balaban J connectivity index is 2.39. The van der Waals surface area contributed by atoms with Crippen molar-refractivity contribution in [3.05, 3.63) is 0 Å². The second-order valence-corrected chi connectivity index (χ2v) is 6.84. The second kappa shape index (κ2) is 11.9. The second-order valence-electron chi connectivity index (χ2n) is 6.84. The van der Waals surface area contributed by atoms with Crippen LogP contribution in [-0.2, 0) is 24.0 Å². The maximum atomic E-state index is 11.9. The molecular weight excluding hydrogens is 344 g/mol. The van der Waals surface area contributed by atoms with Gasteiger partial charge in [-0.05, 0) is 6.42 Å². The standard InChI is InChI=1S/C18H30O8/c1-2-3-4-5-6-7-8-9-10-11-12(19)13-14(18(23)26-24)15(16(20)21)25-17(13)22/h12-15,19,24H,2-11H2,1H3,(H,20,21)/t12-,13-,14+,15-/m0/s1. The van der Waals surface area contributed by atoms with Crippen molar-refractivity contribution in [1.29, 1.82) is 0 Å². The van der Waals surface area contributed by atoms with Crippen LogP contribution in [0.3, 0.4) is 0 Å². The monoisotopic (exact) mass is 374 g/mol. The maximum absolute atomic E-state index is 11.9. The van der Waals surface area contributed by atoms with Crippen LogP contribution in [0.5, 0.6) is 0 Å². The highest BCUT2D eigenvalue weighted by Gasteiger charge is 2.56. The molecule has 4 atom stereocenters. The molecule has 1 rings (SSSR count). The lowest BCUT2D eigenvalue weighted by Crippen LogP contribution is -2.39. The molecule has 0 aliphatic carbocycles. The predicted molar refractivity (Wildman–Crippen MR) is 91.1 cm³/mol. The summed E-state index contributed by atoms with van der Waals surface area (Å²) >= 11 is 0. The minimum Gasteiger partial charge on any atom is -0.478 e. The number of rotatable bonds is 13. The Labute approximate surface area is 153 Å². The number of unbranched alkanes of at least 4 members (excludes halogenated alkanes) is 8. The molecule has 0 amide bonds. The third-order valence-electron chi connectivity index (χ3n) is 4.85. The molecular formula is C18H30O8. The number of hydrogen-bond acceptors (Lipinski definition) is 7. The van der Waals surface area contributed by atoms with E-state index >= 15 is 0 Å². The van der Waals surface area contributed by atoms with Crippen LogP contribution in [0.4, 0.5) is 0 Å². The van der Waals surface area contributed by atoms with Gasteiger partial charge in [-0.25, -0.2) is 9.59 Å². The number of cyclic esters (lactones) is 1. The number of aliphatic hydroxyl groups excluding tert-OH is 1. The highest BCUT2D eigenvalue weighted by atomic mass is 17.1. The van der Waals surface area contributed by atoms with Crippen molar-refractivity contribution in [2.75, 3.05) is 0 Å². The van der Waals surface area contributed by atoms with E-state index in [1.165, 1.54) is 32.1 Å². The molecule has 0 aromatic carbocycles. The third-order valence-corrected chi connectivity index (χ3v) is 4.85. The summed E-state index contributed by atoms with van der Waals surface area (Å²) < 4.78 is 4.67. The summed E-state index contributed by atoms with van der Waals surface area (Å²) in [6, 6.07) is 0. The number of carbonyl (C=O) groups excluding carboxylic acids is 2. The van der Waals surface area contributed by atoms with Crippen LogP contribution in [0.1, 0.15) is 71.1 Å². The fraction of sp³-hybridized carbons (Fsp3) is 0.833. The van der Waals surface area contributed by atoms with E-state index in [1.54, 1.807) is 0 Å². The Hall–Kier alpha value is -1.67. The number of aliphatic hydroxyl groups is 1. The average Bonchev–Trinajstić information content (AvgIpc) is 2.97. The Morgan fingerprint density at radius 1 is 1.08 bits per heavy atom. The number of ether oxygens (including phenoxy) is 1. The van der Waals surface area contributed by atoms with E-state index in [2.05, 4.69) is 16.5 Å². The van der Waals surface area contributed by atoms with Gasteiger partial charge in [0.1, 0.15) is 11.8 Å². The molecule has 0 saturated carbocycles. The lowest BCUT2D eigenvalue weighted by molar-refractivity contribution is -0.242. The van der Waals surface area contributed by atoms with Crippen molar-refractivity contribution in [3.8, 4) is 0 Å². The van der Waals surface area contributed by atoms with Crippen LogP contribution in [-0.4, -0.2) is 45.6 Å². The molecule has 0 unspecified atom stereocenters. The molecule has 26 heavy (non-hydrogen) atoms. The van der Waals surface area contributed by atoms with Crippen LogP contribution in [0, 0.1) is 11.8 Å².